The van der Waals surface area contributed by atoms with E-state index in [1.165, 1.54) is 19.4 Å². The van der Waals surface area contributed by atoms with Gasteiger partial charge < -0.3 is 9.30 Å². The molecule has 0 unspecified atom stereocenters. The van der Waals surface area contributed by atoms with E-state index in [0.717, 1.165) is 46.9 Å². The van der Waals surface area contributed by atoms with E-state index >= 15 is 0 Å². The zero-order valence-electron chi connectivity index (χ0n) is 15.8. The second kappa shape index (κ2) is 6.46. The van der Waals surface area contributed by atoms with E-state index in [1.54, 1.807) is 0 Å². The van der Waals surface area contributed by atoms with Gasteiger partial charge in [-0.15, -0.1) is 10.2 Å². The molecule has 5 heterocycles. The maximum Gasteiger partial charge on any atom is 0.160 e. The van der Waals surface area contributed by atoms with Gasteiger partial charge in [0.25, 0.3) is 0 Å². The van der Waals surface area contributed by atoms with Crippen molar-refractivity contribution in [2.75, 3.05) is 13.1 Å². The smallest absolute Gasteiger partial charge is 0.160 e. The summed E-state index contributed by atoms with van der Waals surface area (Å²) in [6, 6.07) is 9.05. The van der Waals surface area contributed by atoms with Crippen molar-refractivity contribution in [1.29, 1.82) is 0 Å². The number of aryl methyl sites for hydroxylation is 1. The Balaban J connectivity index is 1.41. The molecular weight excluding hydrogens is 336 g/mol. The van der Waals surface area contributed by atoms with Crippen LogP contribution in [0.15, 0.2) is 42.9 Å². The molecule has 1 aliphatic heterocycles. The van der Waals surface area contributed by atoms with Gasteiger partial charge in [-0.3, -0.25) is 4.40 Å². The van der Waals surface area contributed by atoms with Gasteiger partial charge in [-0.25, -0.2) is 4.98 Å². The fraction of sp³-hybridized carbons (Fsp3) is 0.381. The third-order valence-electron chi connectivity index (χ3n) is 5.75. The molecule has 0 radical (unpaired) electrons. The normalized spacial score (nSPS) is 18.1. The van der Waals surface area contributed by atoms with E-state index in [9.17, 15) is 0 Å². The second-order valence-electron chi connectivity index (χ2n) is 7.59. The molecule has 6 heteroatoms. The number of hydrogen-bond donors (Lipinski definition) is 0. The molecule has 5 rings (SSSR count). The summed E-state index contributed by atoms with van der Waals surface area (Å²) in [7, 11) is 0. The van der Waals surface area contributed by atoms with E-state index in [2.05, 4.69) is 63.2 Å². The summed E-state index contributed by atoms with van der Waals surface area (Å²) in [5.74, 6) is 0.897. The van der Waals surface area contributed by atoms with Crippen LogP contribution in [0.2, 0.25) is 0 Å². The average molecular weight is 360 g/mol. The van der Waals surface area contributed by atoms with Crippen molar-refractivity contribution in [3.05, 3.63) is 54.4 Å². The van der Waals surface area contributed by atoms with E-state index in [1.807, 2.05) is 17.4 Å². The molecular formula is C21H24N6. The van der Waals surface area contributed by atoms with Crippen molar-refractivity contribution in [2.45, 2.75) is 39.2 Å². The minimum absolute atomic E-state index is 0.713. The predicted molar refractivity (Wildman–Crippen MR) is 106 cm³/mol. The van der Waals surface area contributed by atoms with E-state index in [4.69, 9.17) is 4.98 Å². The van der Waals surface area contributed by atoms with Crippen molar-refractivity contribution < 1.29 is 0 Å². The molecule has 4 aromatic heterocycles. The monoisotopic (exact) mass is 360 g/mol. The molecule has 4 aromatic rings. The fourth-order valence-electron chi connectivity index (χ4n) is 4.09. The highest BCUT2D eigenvalue weighted by Crippen LogP contribution is 2.22. The largest absolute Gasteiger partial charge is 0.306 e. The lowest BCUT2D eigenvalue weighted by molar-refractivity contribution is 0.271. The summed E-state index contributed by atoms with van der Waals surface area (Å²) in [5.41, 5.74) is 5.35. The number of likely N-dealkylation sites (tertiary alicyclic amines) is 1. The summed E-state index contributed by atoms with van der Waals surface area (Å²) in [6.45, 7) is 6.62. The highest BCUT2D eigenvalue weighted by Gasteiger charge is 2.19. The van der Waals surface area contributed by atoms with E-state index < -0.39 is 0 Å². The van der Waals surface area contributed by atoms with Crippen LogP contribution in [0.1, 0.15) is 31.3 Å². The van der Waals surface area contributed by atoms with Crippen molar-refractivity contribution in [3.63, 3.8) is 0 Å². The fourth-order valence-corrected chi connectivity index (χ4v) is 4.09. The zero-order valence-corrected chi connectivity index (χ0v) is 15.8. The number of aromatic nitrogens is 5. The molecule has 1 aliphatic rings. The van der Waals surface area contributed by atoms with Gasteiger partial charge in [-0.1, -0.05) is 0 Å². The molecule has 1 saturated heterocycles. The molecule has 1 atom stereocenters. The molecule has 0 N–H and O–H groups in total. The van der Waals surface area contributed by atoms with Crippen LogP contribution in [-0.2, 0) is 6.42 Å². The number of nitrogens with zero attached hydrogens (tertiary/aromatic N) is 6. The standard InChI is InChI=1S/C21H24N6/c1-15-4-3-10-25(15)11-9-19-14-26-12-17(5-7-20(26)22-19)18-6-8-21-24-23-16(2)27(21)13-18/h5-8,12-15H,3-4,9-11H2,1-2H3/t15-/m1/s1. The highest BCUT2D eigenvalue weighted by atomic mass is 15.2. The molecule has 0 spiro atoms. The van der Waals surface area contributed by atoms with Crippen molar-refractivity contribution >= 4 is 11.3 Å². The third-order valence-corrected chi connectivity index (χ3v) is 5.75. The quantitative estimate of drug-likeness (QED) is 0.560. The van der Waals surface area contributed by atoms with Gasteiger partial charge >= 0.3 is 0 Å². The van der Waals surface area contributed by atoms with Gasteiger partial charge in [0.15, 0.2) is 5.65 Å². The Morgan fingerprint density at radius 2 is 1.81 bits per heavy atom. The first-order valence-corrected chi connectivity index (χ1v) is 9.71. The third kappa shape index (κ3) is 3.00. The molecule has 0 aromatic carbocycles. The van der Waals surface area contributed by atoms with Crippen LogP contribution in [0.25, 0.3) is 22.4 Å². The van der Waals surface area contributed by atoms with Gasteiger partial charge in [0.2, 0.25) is 0 Å². The predicted octanol–water partition coefficient (Wildman–Crippen LogP) is 3.38. The molecule has 1 fully saturated rings. The van der Waals surface area contributed by atoms with Crippen LogP contribution < -0.4 is 0 Å². The number of imidazole rings is 1. The Hall–Kier alpha value is -2.73. The topological polar surface area (TPSA) is 50.7 Å². The first-order valence-electron chi connectivity index (χ1n) is 9.71. The maximum absolute atomic E-state index is 4.80. The summed E-state index contributed by atoms with van der Waals surface area (Å²) >= 11 is 0. The highest BCUT2D eigenvalue weighted by molar-refractivity contribution is 5.65. The average Bonchev–Trinajstić information content (AvgIpc) is 3.38. The number of hydrogen-bond acceptors (Lipinski definition) is 4. The Kier molecular flexibility index (Phi) is 3.93. The van der Waals surface area contributed by atoms with Crippen molar-refractivity contribution in [1.82, 2.24) is 28.9 Å². The number of fused-ring (bicyclic) bond motifs is 2. The molecule has 27 heavy (non-hydrogen) atoms. The minimum Gasteiger partial charge on any atom is -0.306 e. The number of rotatable bonds is 4. The zero-order chi connectivity index (χ0) is 18.4. The van der Waals surface area contributed by atoms with Crippen LogP contribution in [-0.4, -0.2) is 48.0 Å². The van der Waals surface area contributed by atoms with Gasteiger partial charge in [0.05, 0.1) is 5.69 Å². The SMILES string of the molecule is Cc1nnc2ccc(-c3ccc4nc(CCN5CCC[C@H]5C)cn4c3)cn12. The molecule has 0 bridgehead atoms. The van der Waals surface area contributed by atoms with Gasteiger partial charge in [0, 0.05) is 37.6 Å². The van der Waals surface area contributed by atoms with Crippen LogP contribution >= 0.6 is 0 Å². The molecule has 0 amide bonds. The van der Waals surface area contributed by atoms with Gasteiger partial charge in [-0.2, -0.15) is 0 Å². The maximum atomic E-state index is 4.80. The van der Waals surface area contributed by atoms with Crippen LogP contribution in [0.3, 0.4) is 0 Å². The van der Waals surface area contributed by atoms with Crippen LogP contribution in [0.4, 0.5) is 0 Å². The minimum atomic E-state index is 0.713. The van der Waals surface area contributed by atoms with Crippen molar-refractivity contribution in [3.8, 4) is 11.1 Å². The first kappa shape index (κ1) is 16.4. The first-order chi connectivity index (χ1) is 13.2. The molecule has 0 saturated carbocycles. The van der Waals surface area contributed by atoms with Gasteiger partial charge in [-0.05, 0) is 68.6 Å². The lowest BCUT2D eigenvalue weighted by Gasteiger charge is -2.19. The van der Waals surface area contributed by atoms with Gasteiger partial charge in [0.1, 0.15) is 11.5 Å². The summed E-state index contributed by atoms with van der Waals surface area (Å²) in [6.07, 6.45) is 10.1. The lowest BCUT2D eigenvalue weighted by Crippen LogP contribution is -2.29. The van der Waals surface area contributed by atoms with Crippen LogP contribution in [0.5, 0.6) is 0 Å². The Labute approximate surface area is 158 Å². The van der Waals surface area contributed by atoms with Crippen molar-refractivity contribution in [2.24, 2.45) is 0 Å². The Morgan fingerprint density at radius 1 is 1.00 bits per heavy atom. The van der Waals surface area contributed by atoms with E-state index in [0.29, 0.717) is 6.04 Å². The second-order valence-corrected chi connectivity index (χ2v) is 7.59. The summed E-state index contributed by atoms with van der Waals surface area (Å²) in [4.78, 5) is 7.38. The Morgan fingerprint density at radius 3 is 2.63 bits per heavy atom. The number of pyridine rings is 2. The van der Waals surface area contributed by atoms with E-state index in [-0.39, 0.29) is 0 Å². The summed E-state index contributed by atoms with van der Waals surface area (Å²) in [5, 5.41) is 8.29. The summed E-state index contributed by atoms with van der Waals surface area (Å²) < 4.78 is 4.16. The lowest BCUT2D eigenvalue weighted by atomic mass is 10.1. The Bertz CT molecular complexity index is 1110. The molecule has 6 nitrogen and oxygen atoms in total. The van der Waals surface area contributed by atoms with Crippen LogP contribution in [0, 0.1) is 6.92 Å². The molecule has 138 valence electrons. The molecule has 0 aliphatic carbocycles.